The Bertz CT molecular complexity index is 608. The zero-order chi connectivity index (χ0) is 14.8. The summed E-state index contributed by atoms with van der Waals surface area (Å²) >= 11 is 0. The highest BCUT2D eigenvalue weighted by molar-refractivity contribution is 5.86. The lowest BCUT2D eigenvalue weighted by atomic mass is 10.3. The van der Waals surface area contributed by atoms with Crippen LogP contribution < -0.4 is 10.1 Å². The molecule has 0 saturated carbocycles. The molecule has 0 aliphatic heterocycles. The van der Waals surface area contributed by atoms with E-state index in [9.17, 15) is 18.0 Å². The van der Waals surface area contributed by atoms with Crippen molar-refractivity contribution in [1.29, 1.82) is 0 Å². The standard InChI is InChI=1S/C12H10F3N3O2/c1-18-7-9(10(17-18)12(13,14)15)20-11(19)16-8-5-3-2-4-6-8/h2-7H,1H3,(H,16,19). The fourth-order valence-electron chi connectivity index (χ4n) is 1.50. The van der Waals surface area contributed by atoms with E-state index in [0.717, 1.165) is 10.9 Å². The number of anilines is 1. The molecule has 0 unspecified atom stereocenters. The van der Waals surface area contributed by atoms with Crippen molar-refractivity contribution in [2.45, 2.75) is 6.18 Å². The molecule has 1 N–H and O–H groups in total. The van der Waals surface area contributed by atoms with Crippen molar-refractivity contribution >= 4 is 11.8 Å². The largest absolute Gasteiger partial charge is 0.438 e. The molecule has 0 atom stereocenters. The number of amides is 1. The molecule has 0 aliphatic carbocycles. The van der Waals surface area contributed by atoms with Crippen LogP contribution in [0.4, 0.5) is 23.7 Å². The molecular weight excluding hydrogens is 275 g/mol. The van der Waals surface area contributed by atoms with E-state index in [1.807, 2.05) is 0 Å². The first kappa shape index (κ1) is 13.9. The van der Waals surface area contributed by atoms with Crippen LogP contribution in [0.15, 0.2) is 36.5 Å². The van der Waals surface area contributed by atoms with Gasteiger partial charge in [0.1, 0.15) is 0 Å². The number of ether oxygens (including phenoxy) is 1. The number of aromatic nitrogens is 2. The minimum Gasteiger partial charge on any atom is -0.406 e. The first-order chi connectivity index (χ1) is 9.36. The van der Waals surface area contributed by atoms with Gasteiger partial charge in [0.2, 0.25) is 5.69 Å². The monoisotopic (exact) mass is 285 g/mol. The minimum absolute atomic E-state index is 0.412. The van der Waals surface area contributed by atoms with Gasteiger partial charge in [0, 0.05) is 12.7 Å². The lowest BCUT2D eigenvalue weighted by molar-refractivity contribution is -0.142. The Labute approximate surface area is 112 Å². The molecule has 106 valence electrons. The van der Waals surface area contributed by atoms with E-state index in [2.05, 4.69) is 15.2 Å². The summed E-state index contributed by atoms with van der Waals surface area (Å²) in [6.45, 7) is 0. The molecule has 0 radical (unpaired) electrons. The predicted molar refractivity (Wildman–Crippen MR) is 64.3 cm³/mol. The molecule has 2 rings (SSSR count). The average molecular weight is 285 g/mol. The van der Waals surface area contributed by atoms with Gasteiger partial charge in [-0.05, 0) is 12.1 Å². The zero-order valence-electron chi connectivity index (χ0n) is 10.3. The van der Waals surface area contributed by atoms with Crippen LogP contribution in [0.25, 0.3) is 0 Å². The number of alkyl halides is 3. The lowest BCUT2D eigenvalue weighted by Gasteiger charge is -2.07. The fraction of sp³-hybridized carbons (Fsp3) is 0.167. The number of nitrogens with zero attached hydrogens (tertiary/aromatic N) is 2. The number of para-hydroxylation sites is 1. The Morgan fingerprint density at radius 1 is 1.30 bits per heavy atom. The molecule has 1 heterocycles. The summed E-state index contributed by atoms with van der Waals surface area (Å²) in [4.78, 5) is 11.5. The third-order valence-corrected chi connectivity index (χ3v) is 2.29. The summed E-state index contributed by atoms with van der Waals surface area (Å²) in [5.41, 5.74) is -0.835. The number of carbonyl (C=O) groups is 1. The zero-order valence-corrected chi connectivity index (χ0v) is 10.3. The number of hydrogen-bond acceptors (Lipinski definition) is 3. The van der Waals surface area contributed by atoms with E-state index >= 15 is 0 Å². The third-order valence-electron chi connectivity index (χ3n) is 2.29. The molecule has 1 aromatic heterocycles. The number of benzene rings is 1. The second kappa shape index (κ2) is 5.24. The molecule has 20 heavy (non-hydrogen) atoms. The lowest BCUT2D eigenvalue weighted by Crippen LogP contribution is -2.18. The van der Waals surface area contributed by atoms with Crippen LogP contribution in [0.1, 0.15) is 5.69 Å². The Morgan fingerprint density at radius 3 is 2.55 bits per heavy atom. The van der Waals surface area contributed by atoms with Crippen molar-refractivity contribution in [3.05, 3.63) is 42.2 Å². The molecule has 5 nitrogen and oxygen atoms in total. The highest BCUT2D eigenvalue weighted by atomic mass is 19.4. The molecule has 0 aliphatic rings. The van der Waals surface area contributed by atoms with E-state index in [0.29, 0.717) is 5.69 Å². The maximum Gasteiger partial charge on any atom is 0.438 e. The van der Waals surface area contributed by atoms with Crippen LogP contribution in [0, 0.1) is 0 Å². The van der Waals surface area contributed by atoms with Crippen molar-refractivity contribution < 1.29 is 22.7 Å². The van der Waals surface area contributed by atoms with Gasteiger partial charge in [-0.2, -0.15) is 18.3 Å². The maximum atomic E-state index is 12.7. The molecular formula is C12H10F3N3O2. The van der Waals surface area contributed by atoms with Crippen molar-refractivity contribution in [2.24, 2.45) is 7.05 Å². The van der Waals surface area contributed by atoms with Crippen molar-refractivity contribution in [3.63, 3.8) is 0 Å². The van der Waals surface area contributed by atoms with Gasteiger partial charge in [-0.15, -0.1) is 0 Å². The summed E-state index contributed by atoms with van der Waals surface area (Å²) < 4.78 is 43.5. The Balaban J connectivity index is 2.12. The maximum absolute atomic E-state index is 12.7. The van der Waals surface area contributed by atoms with Crippen LogP contribution >= 0.6 is 0 Å². The summed E-state index contributed by atoms with van der Waals surface area (Å²) in [6, 6.07) is 8.23. The fourth-order valence-corrected chi connectivity index (χ4v) is 1.50. The highest BCUT2D eigenvalue weighted by Crippen LogP contribution is 2.34. The predicted octanol–water partition coefficient (Wildman–Crippen LogP) is 3.05. The first-order valence-corrected chi connectivity index (χ1v) is 5.51. The second-order valence-corrected chi connectivity index (χ2v) is 3.89. The van der Waals surface area contributed by atoms with Gasteiger partial charge in [-0.3, -0.25) is 10.00 Å². The summed E-state index contributed by atoms with van der Waals surface area (Å²) in [6.07, 6.45) is -4.73. The van der Waals surface area contributed by atoms with Crippen molar-refractivity contribution in [3.8, 4) is 5.75 Å². The first-order valence-electron chi connectivity index (χ1n) is 5.51. The van der Waals surface area contributed by atoms with Crippen molar-refractivity contribution in [2.75, 3.05) is 5.32 Å². The molecule has 2 aromatic rings. The van der Waals surface area contributed by atoms with E-state index in [1.54, 1.807) is 30.3 Å². The van der Waals surface area contributed by atoms with Crippen molar-refractivity contribution in [1.82, 2.24) is 9.78 Å². The van der Waals surface area contributed by atoms with Crippen LogP contribution in [-0.4, -0.2) is 15.9 Å². The van der Waals surface area contributed by atoms with E-state index in [-0.39, 0.29) is 0 Å². The quantitative estimate of drug-likeness (QED) is 0.922. The molecule has 1 aromatic carbocycles. The third kappa shape index (κ3) is 3.28. The molecule has 0 saturated heterocycles. The van der Waals surface area contributed by atoms with Crippen LogP contribution in [0.5, 0.6) is 5.75 Å². The van der Waals surface area contributed by atoms with Gasteiger partial charge in [0.15, 0.2) is 5.75 Å². The van der Waals surface area contributed by atoms with E-state index in [4.69, 9.17) is 0 Å². The molecule has 1 amide bonds. The normalized spacial score (nSPS) is 11.2. The average Bonchev–Trinajstić information content (AvgIpc) is 2.71. The summed E-state index contributed by atoms with van der Waals surface area (Å²) in [5, 5.41) is 5.54. The Hall–Kier alpha value is -2.51. The number of aryl methyl sites for hydroxylation is 1. The number of halogens is 3. The second-order valence-electron chi connectivity index (χ2n) is 3.89. The van der Waals surface area contributed by atoms with E-state index in [1.165, 1.54) is 7.05 Å². The van der Waals surface area contributed by atoms with Gasteiger partial charge in [0.25, 0.3) is 0 Å². The molecule has 8 heteroatoms. The van der Waals surface area contributed by atoms with E-state index < -0.39 is 23.7 Å². The summed E-state index contributed by atoms with van der Waals surface area (Å²) in [5.74, 6) is -0.645. The number of hydrogen-bond donors (Lipinski definition) is 1. The minimum atomic E-state index is -4.69. The highest BCUT2D eigenvalue weighted by Gasteiger charge is 2.38. The van der Waals surface area contributed by atoms with Gasteiger partial charge in [-0.1, -0.05) is 18.2 Å². The molecule has 0 spiro atoms. The summed E-state index contributed by atoms with van der Waals surface area (Å²) in [7, 11) is 1.30. The number of carbonyl (C=O) groups excluding carboxylic acids is 1. The Kier molecular flexibility index (Phi) is 3.64. The smallest absolute Gasteiger partial charge is 0.406 e. The number of rotatable bonds is 2. The van der Waals surface area contributed by atoms with Crippen LogP contribution in [-0.2, 0) is 13.2 Å². The SMILES string of the molecule is Cn1cc(OC(=O)Nc2ccccc2)c(C(F)(F)F)n1. The van der Waals surface area contributed by atoms with Gasteiger partial charge >= 0.3 is 12.3 Å². The van der Waals surface area contributed by atoms with Gasteiger partial charge in [-0.25, -0.2) is 4.79 Å². The number of nitrogens with one attached hydrogen (secondary N) is 1. The topological polar surface area (TPSA) is 56.1 Å². The van der Waals surface area contributed by atoms with Crippen LogP contribution in [0.3, 0.4) is 0 Å². The molecule has 0 bridgehead atoms. The van der Waals surface area contributed by atoms with Crippen LogP contribution in [0.2, 0.25) is 0 Å². The van der Waals surface area contributed by atoms with Gasteiger partial charge < -0.3 is 4.74 Å². The molecule has 0 fully saturated rings. The Morgan fingerprint density at radius 2 is 1.95 bits per heavy atom. The van der Waals surface area contributed by atoms with Gasteiger partial charge in [0.05, 0.1) is 6.20 Å².